The molecule has 5 aliphatic carbocycles. The number of hydrogen-bond acceptors (Lipinski definition) is 0. The molecule has 0 bridgehead atoms. The summed E-state index contributed by atoms with van der Waals surface area (Å²) in [5.41, 5.74) is 32.1. The summed E-state index contributed by atoms with van der Waals surface area (Å²) in [5, 5.41) is 10.3. The molecule has 3 nitrogen and oxygen atoms in total. The van der Waals surface area contributed by atoms with Gasteiger partial charge >= 0.3 is 0 Å². The van der Waals surface area contributed by atoms with Crippen LogP contribution in [0.4, 0.5) is 0 Å². The van der Waals surface area contributed by atoms with Crippen LogP contribution in [-0.4, -0.2) is 28.5 Å². The minimum absolute atomic E-state index is 0.0113. The van der Waals surface area contributed by atoms with E-state index in [-0.39, 0.29) is 18.0 Å². The van der Waals surface area contributed by atoms with E-state index in [9.17, 15) is 0 Å². The Morgan fingerprint density at radius 3 is 1.63 bits per heavy atom. The number of nitrogens with zero attached hydrogens (tertiary/aromatic N) is 3. The fraction of sp³-hybridized carbons (Fsp3) is 0.235. The molecule has 9 aromatic carbocycles. The lowest BCUT2D eigenvalue weighted by molar-refractivity contribution is 0.643. The van der Waals surface area contributed by atoms with Crippen LogP contribution in [0.3, 0.4) is 0 Å². The van der Waals surface area contributed by atoms with Crippen molar-refractivity contribution in [2.24, 2.45) is 0 Å². The summed E-state index contributed by atoms with van der Waals surface area (Å²) in [6.07, 6.45) is 17.7. The SMILES string of the molecule is CC1(C)c2cc(-n3c4c(c5ccccc53)CCC4)c(-n3c4c(c5ccccc53)CCC4)cc2B2c3ccc(-n4c5c(c6ccccc64)CCCC5)cc3[Si](c3ccccc3)(c3ccccc3)c3cc(C4C5=C(CCCCC5)c5ccccc54)cc1c32. The third kappa shape index (κ3) is 6.65. The smallest absolute Gasteiger partial charge is 0.241 e. The first-order valence-corrected chi connectivity index (χ1v) is 34.8. The van der Waals surface area contributed by atoms with E-state index in [4.69, 9.17) is 0 Å². The topological polar surface area (TPSA) is 14.8 Å². The first kappa shape index (κ1) is 49.8. The van der Waals surface area contributed by atoms with Crippen LogP contribution in [-0.2, 0) is 43.9 Å². The van der Waals surface area contributed by atoms with Crippen molar-refractivity contribution in [2.75, 3.05) is 0 Å². The van der Waals surface area contributed by atoms with Crippen molar-refractivity contribution in [3.05, 3.63) is 267 Å². The van der Waals surface area contributed by atoms with Crippen LogP contribution in [0.15, 0.2) is 206 Å². The minimum atomic E-state index is -3.24. The fourth-order valence-electron chi connectivity index (χ4n) is 19.2. The molecule has 0 saturated heterocycles. The number of aromatic nitrogens is 3. The second-order valence-corrected chi connectivity index (χ2v) is 30.8. The lowest BCUT2D eigenvalue weighted by Gasteiger charge is -2.49. The molecule has 416 valence electrons. The zero-order valence-electron chi connectivity index (χ0n) is 49.7. The average molecular weight is 1120 g/mol. The van der Waals surface area contributed by atoms with Gasteiger partial charge in [0.15, 0.2) is 8.07 Å². The van der Waals surface area contributed by atoms with Crippen LogP contribution in [0.2, 0.25) is 0 Å². The molecule has 0 spiro atoms. The number of allylic oxidation sites excluding steroid dienone is 2. The quantitative estimate of drug-likeness (QED) is 0.147. The van der Waals surface area contributed by atoms with Crippen molar-refractivity contribution in [2.45, 2.75) is 121 Å². The van der Waals surface area contributed by atoms with Crippen molar-refractivity contribution in [3.63, 3.8) is 0 Å². The Morgan fingerprint density at radius 2 is 0.953 bits per heavy atom. The Morgan fingerprint density at radius 1 is 0.419 bits per heavy atom. The number of para-hydroxylation sites is 3. The summed E-state index contributed by atoms with van der Waals surface area (Å²) in [7, 11) is -3.24. The zero-order valence-corrected chi connectivity index (χ0v) is 50.7. The molecule has 12 aromatic rings. The molecule has 2 aliphatic heterocycles. The molecule has 0 amide bonds. The second kappa shape index (κ2) is 18.6. The van der Waals surface area contributed by atoms with Crippen LogP contribution in [0.1, 0.15) is 139 Å². The van der Waals surface area contributed by atoms with Gasteiger partial charge < -0.3 is 13.7 Å². The number of rotatable bonds is 6. The molecule has 0 radical (unpaired) electrons. The lowest BCUT2D eigenvalue weighted by atomic mass is 9.31. The molecule has 1 unspecified atom stereocenters. The molecule has 86 heavy (non-hydrogen) atoms. The predicted molar refractivity (Wildman–Crippen MR) is 363 cm³/mol. The summed E-state index contributed by atoms with van der Waals surface area (Å²) in [6, 6.07) is 80.9. The molecule has 5 heterocycles. The van der Waals surface area contributed by atoms with Crippen molar-refractivity contribution in [1.82, 2.24) is 13.7 Å². The maximum atomic E-state index is 2.86. The zero-order chi connectivity index (χ0) is 56.6. The van der Waals surface area contributed by atoms with Gasteiger partial charge in [0.1, 0.15) is 0 Å². The van der Waals surface area contributed by atoms with Crippen LogP contribution in [0.5, 0.6) is 0 Å². The van der Waals surface area contributed by atoms with E-state index < -0.39 is 8.07 Å². The Hall–Kier alpha value is -8.38. The van der Waals surface area contributed by atoms with Crippen molar-refractivity contribution >= 4 is 90.2 Å². The lowest BCUT2D eigenvalue weighted by Crippen LogP contribution is -2.88. The van der Waals surface area contributed by atoms with E-state index in [1.807, 2.05) is 0 Å². The fourth-order valence-corrected chi connectivity index (χ4v) is 24.6. The maximum Gasteiger partial charge on any atom is 0.241 e. The molecule has 5 heteroatoms. The highest BCUT2D eigenvalue weighted by molar-refractivity contribution is 7.26. The van der Waals surface area contributed by atoms with E-state index >= 15 is 0 Å². The first-order valence-electron chi connectivity index (χ1n) is 32.8. The van der Waals surface area contributed by atoms with E-state index in [1.54, 1.807) is 38.5 Å². The van der Waals surface area contributed by atoms with Gasteiger partial charge in [0.05, 0.1) is 27.9 Å². The van der Waals surface area contributed by atoms with Gasteiger partial charge in [-0.2, -0.15) is 0 Å². The third-order valence-electron chi connectivity index (χ3n) is 22.7. The van der Waals surface area contributed by atoms with E-state index in [0.717, 1.165) is 44.9 Å². The molecule has 19 rings (SSSR count). The monoisotopic (exact) mass is 1120 g/mol. The number of fused-ring (bicyclic) bond motifs is 15. The van der Waals surface area contributed by atoms with E-state index in [0.29, 0.717) is 0 Å². The molecule has 7 aliphatic rings. The van der Waals surface area contributed by atoms with Crippen LogP contribution >= 0.6 is 0 Å². The van der Waals surface area contributed by atoms with Crippen LogP contribution in [0.25, 0.3) is 55.3 Å². The number of hydrogen-bond donors (Lipinski definition) is 0. The third-order valence-corrected chi connectivity index (χ3v) is 27.5. The van der Waals surface area contributed by atoms with Gasteiger partial charge in [-0.25, -0.2) is 0 Å². The highest BCUT2D eigenvalue weighted by atomic mass is 28.3. The Bertz CT molecular complexity index is 4870. The first-order chi connectivity index (χ1) is 42.5. The average Bonchev–Trinajstić information content (AvgIpc) is 0.720. The van der Waals surface area contributed by atoms with Gasteiger partial charge in [0.25, 0.3) is 0 Å². The maximum absolute atomic E-state index is 3.24. The van der Waals surface area contributed by atoms with Crippen LogP contribution < -0.4 is 37.1 Å². The highest BCUT2D eigenvalue weighted by Gasteiger charge is 2.55. The van der Waals surface area contributed by atoms with Gasteiger partial charge in [-0.3, -0.25) is 0 Å². The molecule has 0 N–H and O–H groups in total. The normalized spacial score (nSPS) is 18.3. The summed E-state index contributed by atoms with van der Waals surface area (Å²) < 4.78 is 8.25. The molecule has 1 atom stereocenters. The largest absolute Gasteiger partial charge is 0.313 e. The molecule has 3 aromatic heterocycles. The van der Waals surface area contributed by atoms with Gasteiger partial charge in [0.2, 0.25) is 6.71 Å². The molecular weight excluding hydrogens is 1050 g/mol. The summed E-state index contributed by atoms with van der Waals surface area (Å²) >= 11 is 0. The van der Waals surface area contributed by atoms with Gasteiger partial charge in [0, 0.05) is 50.3 Å². The summed E-state index contributed by atoms with van der Waals surface area (Å²) in [4.78, 5) is 0. The van der Waals surface area contributed by atoms with Crippen LogP contribution in [0, 0.1) is 0 Å². The standard InChI is InChI=1S/C81H70BN3Si/c1-81(2)65-49-75(84-71-40-20-16-32-59(71)61-36-22-42-73(61)84)76(85-72-41-21-17-33-60(72)62-37-23-43-74(62)85)50-68(65)82-67-45-44-52(83-69-38-18-14-30-57(69)58-31-15-19-39-70(58)83)48-77(67)86(53-24-6-3-7-25-53,54-26-8-4-9-27-54)78-47-51(46-66(81)80(78)82)79-63-34-11-5-10-28-55(63)56-29-12-13-35-64(56)79/h3-4,6-9,12-14,16-18,20-21,24-27,29-30,32-33,35,38,40-41,44-50,79H,5,10-11,15,19,22-23,28,31,34,36-37,39,42-43H2,1-2H3. The Labute approximate surface area is 506 Å². The van der Waals surface area contributed by atoms with Gasteiger partial charge in [-0.05, 0) is 203 Å². The van der Waals surface area contributed by atoms with Crippen molar-refractivity contribution in [1.29, 1.82) is 0 Å². The van der Waals surface area contributed by atoms with Gasteiger partial charge in [-0.1, -0.05) is 200 Å². The highest BCUT2D eigenvalue weighted by Crippen LogP contribution is 2.52. The predicted octanol–water partition coefficient (Wildman–Crippen LogP) is 14.1. The van der Waals surface area contributed by atoms with Crippen molar-refractivity contribution < 1.29 is 0 Å². The summed E-state index contributed by atoms with van der Waals surface area (Å²) in [5.74, 6) is 0.205. The van der Waals surface area contributed by atoms with E-state index in [2.05, 4.69) is 228 Å². The second-order valence-electron chi connectivity index (χ2n) is 27.1. The Balaban J connectivity index is 0.983. The molecule has 0 fully saturated rings. The van der Waals surface area contributed by atoms with E-state index in [1.165, 1.54) is 173 Å². The van der Waals surface area contributed by atoms with Gasteiger partial charge in [-0.15, -0.1) is 0 Å². The molecule has 0 saturated carbocycles. The number of aryl methyl sites for hydroxylation is 3. The molecular formula is C81H70BN3Si. The summed E-state index contributed by atoms with van der Waals surface area (Å²) in [6.45, 7) is 5.23. The minimum Gasteiger partial charge on any atom is -0.313 e. The van der Waals surface area contributed by atoms with Crippen molar-refractivity contribution in [3.8, 4) is 17.1 Å². The number of benzene rings is 9. The Kier molecular flexibility index (Phi) is 10.8.